The molecule has 0 amide bonds. The van der Waals surface area contributed by atoms with Crippen LogP contribution in [-0.4, -0.2) is 21.1 Å². The van der Waals surface area contributed by atoms with E-state index in [-0.39, 0.29) is 0 Å². The highest BCUT2D eigenvalue weighted by Gasteiger charge is 2.04. The highest BCUT2D eigenvalue weighted by atomic mass is 32.4. The second kappa shape index (κ2) is 3.54. The van der Waals surface area contributed by atoms with E-state index in [9.17, 15) is 0 Å². The summed E-state index contributed by atoms with van der Waals surface area (Å²) in [5.41, 5.74) is 0. The zero-order valence-corrected chi connectivity index (χ0v) is 7.07. The summed E-state index contributed by atoms with van der Waals surface area (Å²) in [6.07, 6.45) is 0. The largest absolute Gasteiger partial charge is 0.269 e. The van der Waals surface area contributed by atoms with Gasteiger partial charge in [-0.2, -0.15) is 0 Å². The van der Waals surface area contributed by atoms with Crippen molar-refractivity contribution in [3.63, 3.8) is 0 Å². The van der Waals surface area contributed by atoms with Crippen molar-refractivity contribution in [3.8, 4) is 0 Å². The molecule has 0 radical (unpaired) electrons. The molecular formula is C3H12N3PS. The molecule has 5 heteroatoms. The molecule has 0 saturated carbocycles. The van der Waals surface area contributed by atoms with E-state index in [1.54, 1.807) is 0 Å². The van der Waals surface area contributed by atoms with Gasteiger partial charge in [-0.05, 0) is 32.9 Å². The fourth-order valence-corrected chi connectivity index (χ4v) is 1.01. The molecule has 3 N–H and O–H groups in total. The Balaban J connectivity index is 3.79. The van der Waals surface area contributed by atoms with Crippen molar-refractivity contribution >= 4 is 18.3 Å². The molecule has 0 aromatic carbocycles. The molecule has 0 heterocycles. The third kappa shape index (κ3) is 2.20. The van der Waals surface area contributed by atoms with Crippen LogP contribution >= 0.6 is 6.49 Å². The molecule has 0 saturated heterocycles. The Morgan fingerprint density at radius 1 is 1.00 bits per heavy atom. The van der Waals surface area contributed by atoms with Crippen molar-refractivity contribution in [3.05, 3.63) is 0 Å². The zero-order valence-electron chi connectivity index (χ0n) is 5.36. The lowest BCUT2D eigenvalue weighted by Gasteiger charge is -2.17. The first-order valence-corrected chi connectivity index (χ1v) is 5.16. The van der Waals surface area contributed by atoms with Crippen molar-refractivity contribution in [2.75, 3.05) is 21.1 Å². The highest BCUT2D eigenvalue weighted by Crippen LogP contribution is 2.26. The van der Waals surface area contributed by atoms with Gasteiger partial charge in [-0.15, -0.1) is 0 Å². The maximum Gasteiger partial charge on any atom is 0.136 e. The van der Waals surface area contributed by atoms with Gasteiger partial charge in [0.05, 0.1) is 0 Å². The Kier molecular flexibility index (Phi) is 3.77. The fraction of sp³-hybridized carbons (Fsp3) is 1.00. The topological polar surface area (TPSA) is 36.1 Å². The fourth-order valence-electron chi connectivity index (χ4n) is 0.335. The molecule has 0 spiro atoms. The Bertz CT molecular complexity index is 85.7. The lowest BCUT2D eigenvalue weighted by atomic mass is 11.6. The molecule has 0 aromatic heterocycles. The second-order valence-electron chi connectivity index (χ2n) is 1.28. The van der Waals surface area contributed by atoms with Gasteiger partial charge in [0, 0.05) is 0 Å². The van der Waals surface area contributed by atoms with Gasteiger partial charge >= 0.3 is 0 Å². The first-order valence-electron chi connectivity index (χ1n) is 2.35. The molecule has 0 aliphatic carbocycles. The lowest BCUT2D eigenvalue weighted by Crippen LogP contribution is -2.24. The molecule has 0 fully saturated rings. The highest BCUT2D eigenvalue weighted by molar-refractivity contribution is 8.11. The van der Waals surface area contributed by atoms with Gasteiger partial charge < -0.3 is 0 Å². The minimum atomic E-state index is -1.58. The second-order valence-corrected chi connectivity index (χ2v) is 5.48. The molecule has 8 heavy (non-hydrogen) atoms. The monoisotopic (exact) mass is 153 g/mol. The number of nitrogens with one attached hydrogen (secondary N) is 3. The average molecular weight is 153 g/mol. The molecular weight excluding hydrogens is 141 g/mol. The summed E-state index contributed by atoms with van der Waals surface area (Å²) < 4.78 is 0. The summed E-state index contributed by atoms with van der Waals surface area (Å²) in [4.78, 5) is 0. The van der Waals surface area contributed by atoms with Gasteiger partial charge in [0.25, 0.3) is 0 Å². The molecule has 0 aromatic rings. The smallest absolute Gasteiger partial charge is 0.136 e. The standard InChI is InChI=1S/C3H12N3PS/c1-4-7(8,5-2)6-3/h1-3H3,(H3,4,5,6,8). The van der Waals surface area contributed by atoms with E-state index in [0.29, 0.717) is 0 Å². The van der Waals surface area contributed by atoms with Crippen LogP contribution in [0.25, 0.3) is 0 Å². The van der Waals surface area contributed by atoms with Crippen LogP contribution in [0.5, 0.6) is 0 Å². The Labute approximate surface area is 55.4 Å². The predicted octanol–water partition coefficient (Wildman–Crippen LogP) is -0.131. The number of hydrogen-bond acceptors (Lipinski definition) is 1. The molecule has 0 atom stereocenters. The molecule has 3 nitrogen and oxygen atoms in total. The molecule has 50 valence electrons. The number of rotatable bonds is 3. The molecule has 0 unspecified atom stereocenters. The molecule has 0 aliphatic heterocycles. The van der Waals surface area contributed by atoms with Crippen LogP contribution in [0.3, 0.4) is 0 Å². The van der Waals surface area contributed by atoms with Crippen molar-refractivity contribution in [2.24, 2.45) is 0 Å². The van der Waals surface area contributed by atoms with E-state index in [1.807, 2.05) is 21.1 Å². The maximum atomic E-state index is 5.08. The SMILES string of the molecule is CNP(=S)(NC)NC. The normalized spacial score (nSPS) is 11.9. The van der Waals surface area contributed by atoms with Crippen molar-refractivity contribution in [2.45, 2.75) is 0 Å². The van der Waals surface area contributed by atoms with E-state index < -0.39 is 6.49 Å². The van der Waals surface area contributed by atoms with Crippen molar-refractivity contribution < 1.29 is 0 Å². The van der Waals surface area contributed by atoms with Crippen molar-refractivity contribution in [1.29, 1.82) is 0 Å². The molecule has 0 bridgehead atoms. The third-order valence-electron chi connectivity index (χ3n) is 0.945. The summed E-state index contributed by atoms with van der Waals surface area (Å²) in [5.74, 6) is 0. The predicted molar refractivity (Wildman–Crippen MR) is 41.5 cm³/mol. The molecule has 0 rings (SSSR count). The van der Waals surface area contributed by atoms with E-state index in [4.69, 9.17) is 11.8 Å². The maximum absolute atomic E-state index is 5.08. The summed E-state index contributed by atoms with van der Waals surface area (Å²) in [5, 5.41) is 8.94. The zero-order chi connectivity index (χ0) is 6.62. The van der Waals surface area contributed by atoms with E-state index in [1.165, 1.54) is 0 Å². The van der Waals surface area contributed by atoms with Crippen LogP contribution < -0.4 is 15.3 Å². The Hall–Kier alpha value is 0.530. The van der Waals surface area contributed by atoms with Gasteiger partial charge in [-0.1, -0.05) is 0 Å². The minimum absolute atomic E-state index is 1.58. The molecule has 0 aliphatic rings. The Morgan fingerprint density at radius 3 is 1.25 bits per heavy atom. The quantitative estimate of drug-likeness (QED) is 0.494. The first kappa shape index (κ1) is 8.53. The summed E-state index contributed by atoms with van der Waals surface area (Å²) in [6, 6.07) is 0. The minimum Gasteiger partial charge on any atom is -0.269 e. The van der Waals surface area contributed by atoms with Gasteiger partial charge in [0.1, 0.15) is 6.49 Å². The summed E-state index contributed by atoms with van der Waals surface area (Å²) in [7, 11) is 5.52. The summed E-state index contributed by atoms with van der Waals surface area (Å²) >= 11 is 5.08. The van der Waals surface area contributed by atoms with Crippen LogP contribution in [-0.2, 0) is 11.8 Å². The van der Waals surface area contributed by atoms with E-state index in [2.05, 4.69) is 15.3 Å². The van der Waals surface area contributed by atoms with E-state index in [0.717, 1.165) is 0 Å². The van der Waals surface area contributed by atoms with Gasteiger partial charge in [0.15, 0.2) is 0 Å². The van der Waals surface area contributed by atoms with Gasteiger partial charge in [-0.3, -0.25) is 15.3 Å². The van der Waals surface area contributed by atoms with Crippen LogP contribution in [0.2, 0.25) is 0 Å². The van der Waals surface area contributed by atoms with Crippen LogP contribution in [0.15, 0.2) is 0 Å². The van der Waals surface area contributed by atoms with E-state index >= 15 is 0 Å². The van der Waals surface area contributed by atoms with Crippen LogP contribution in [0, 0.1) is 0 Å². The van der Waals surface area contributed by atoms with Crippen molar-refractivity contribution in [1.82, 2.24) is 15.3 Å². The van der Waals surface area contributed by atoms with Crippen LogP contribution in [0.1, 0.15) is 0 Å². The lowest BCUT2D eigenvalue weighted by molar-refractivity contribution is 1.06. The van der Waals surface area contributed by atoms with Gasteiger partial charge in [0.2, 0.25) is 0 Å². The summed E-state index contributed by atoms with van der Waals surface area (Å²) in [6.45, 7) is -1.58. The Morgan fingerprint density at radius 2 is 1.25 bits per heavy atom. The number of hydrogen-bond donors (Lipinski definition) is 3. The van der Waals surface area contributed by atoms with Crippen LogP contribution in [0.4, 0.5) is 0 Å². The van der Waals surface area contributed by atoms with Gasteiger partial charge in [-0.25, -0.2) is 0 Å². The first-order chi connectivity index (χ1) is 3.68. The third-order valence-corrected chi connectivity index (χ3v) is 4.48. The average Bonchev–Trinajstić information content (AvgIpc) is 1.87.